The van der Waals surface area contributed by atoms with Gasteiger partial charge in [-0.1, -0.05) is 13.8 Å². The van der Waals surface area contributed by atoms with Gasteiger partial charge in [-0.25, -0.2) is 9.40 Å². The molecule has 0 spiro atoms. The van der Waals surface area contributed by atoms with Crippen LogP contribution in [0.2, 0.25) is 0 Å². The zero-order valence-electron chi connectivity index (χ0n) is 22.6. The molecule has 204 valence electrons. The van der Waals surface area contributed by atoms with Gasteiger partial charge in [0.25, 0.3) is 0 Å². The number of nitrogens with one attached hydrogen (secondary N) is 2. The van der Waals surface area contributed by atoms with E-state index in [1.807, 2.05) is 0 Å². The molecule has 7 heteroatoms. The van der Waals surface area contributed by atoms with E-state index in [-0.39, 0.29) is 23.8 Å². The molecular formula is C29H49FN4O2. The molecule has 3 aliphatic carbocycles. The lowest BCUT2D eigenvalue weighted by Crippen LogP contribution is -2.46. The normalized spacial score (nSPS) is 42.4. The molecule has 0 radical (unpaired) electrons. The molecule has 0 aromatic carbocycles. The number of carbonyl (C=O) groups is 2. The summed E-state index contributed by atoms with van der Waals surface area (Å²) in [5.41, 5.74) is 3.54. The third-order valence-electron chi connectivity index (χ3n) is 10.5. The quantitative estimate of drug-likeness (QED) is 0.586. The molecule has 0 aromatic heterocycles. The monoisotopic (exact) mass is 504 g/mol. The van der Waals surface area contributed by atoms with Crippen molar-refractivity contribution in [3.8, 4) is 0 Å². The molecule has 3 saturated carbocycles. The molecule has 5 unspecified atom stereocenters. The Labute approximate surface area is 217 Å². The van der Waals surface area contributed by atoms with Crippen molar-refractivity contribution in [2.24, 2.45) is 35.5 Å². The third kappa shape index (κ3) is 6.09. The summed E-state index contributed by atoms with van der Waals surface area (Å²) in [5.74, 6) is 3.36. The Kier molecular flexibility index (Phi) is 8.56. The highest BCUT2D eigenvalue weighted by Gasteiger charge is 2.39. The number of hydrazine groups is 1. The van der Waals surface area contributed by atoms with Gasteiger partial charge in [0, 0.05) is 44.1 Å². The fraction of sp³-hybridized carbons (Fsp3) is 0.931. The van der Waals surface area contributed by atoms with Gasteiger partial charge in [0.2, 0.25) is 11.8 Å². The summed E-state index contributed by atoms with van der Waals surface area (Å²) in [5, 5.41) is 5.67. The van der Waals surface area contributed by atoms with Crippen molar-refractivity contribution in [1.82, 2.24) is 20.7 Å². The first-order chi connectivity index (χ1) is 17.4. The minimum Gasteiger partial charge on any atom is -0.350 e. The lowest BCUT2D eigenvalue weighted by molar-refractivity contribution is -0.136. The highest BCUT2D eigenvalue weighted by molar-refractivity contribution is 5.79. The molecule has 5 atom stereocenters. The average molecular weight is 505 g/mol. The molecular weight excluding hydrogens is 455 g/mol. The minimum absolute atomic E-state index is 0.162. The molecule has 36 heavy (non-hydrogen) atoms. The molecule has 6 nitrogen and oxygen atoms in total. The topological polar surface area (TPSA) is 64.7 Å². The average Bonchev–Trinajstić information content (AvgIpc) is 3.54. The van der Waals surface area contributed by atoms with Crippen LogP contribution in [0.1, 0.15) is 90.9 Å². The van der Waals surface area contributed by atoms with Crippen molar-refractivity contribution in [3.63, 3.8) is 0 Å². The van der Waals surface area contributed by atoms with Crippen molar-refractivity contribution >= 4 is 11.8 Å². The summed E-state index contributed by atoms with van der Waals surface area (Å²) >= 11 is 0. The number of hydrogen-bond donors (Lipinski definition) is 2. The fourth-order valence-corrected chi connectivity index (χ4v) is 8.15. The highest BCUT2D eigenvalue weighted by Crippen LogP contribution is 2.38. The summed E-state index contributed by atoms with van der Waals surface area (Å²) in [4.78, 5) is 28.3. The minimum atomic E-state index is -0.600. The van der Waals surface area contributed by atoms with Crippen LogP contribution in [0.5, 0.6) is 0 Å². The maximum absolute atomic E-state index is 13.5. The van der Waals surface area contributed by atoms with Gasteiger partial charge in [0.15, 0.2) is 0 Å². The van der Waals surface area contributed by atoms with E-state index < -0.39 is 6.17 Å². The van der Waals surface area contributed by atoms with Crippen LogP contribution in [-0.2, 0) is 9.59 Å². The molecule has 2 N–H and O–H groups in total. The second-order valence-electron chi connectivity index (χ2n) is 13.1. The van der Waals surface area contributed by atoms with E-state index in [0.717, 1.165) is 96.3 Å². The van der Waals surface area contributed by atoms with Crippen LogP contribution in [0, 0.1) is 35.5 Å². The van der Waals surface area contributed by atoms with E-state index in [9.17, 15) is 14.0 Å². The number of halogens is 1. The second kappa shape index (κ2) is 11.7. The van der Waals surface area contributed by atoms with Crippen LogP contribution < -0.4 is 10.7 Å². The van der Waals surface area contributed by atoms with Crippen LogP contribution >= 0.6 is 0 Å². The zero-order valence-corrected chi connectivity index (χ0v) is 22.6. The maximum atomic E-state index is 13.5. The summed E-state index contributed by atoms with van der Waals surface area (Å²) in [6.07, 6.45) is 11.3. The number of hydrogen-bond acceptors (Lipinski definition) is 4. The van der Waals surface area contributed by atoms with Crippen molar-refractivity contribution < 1.29 is 14.0 Å². The van der Waals surface area contributed by atoms with Crippen molar-refractivity contribution in [1.29, 1.82) is 0 Å². The maximum Gasteiger partial charge on any atom is 0.225 e. The first kappa shape index (κ1) is 26.4. The van der Waals surface area contributed by atoms with E-state index in [0.29, 0.717) is 42.5 Å². The Morgan fingerprint density at radius 2 is 1.61 bits per heavy atom. The Bertz CT molecular complexity index is 764. The molecule has 0 aromatic rings. The van der Waals surface area contributed by atoms with Gasteiger partial charge in [-0.05, 0) is 101 Å². The standard InChI is InChI=1S/C29H49FN4O2/c1-19-3-12-27(20(2)15-19)28(35)32-25-16-31-34(18-25)26-10-6-22(7-11-26)29(36)33-14-13-23(17-33)21-4-8-24(30)9-5-21/h19-27,31H,3-18H2,1-2H3,(H,32,35). The van der Waals surface area contributed by atoms with Crippen molar-refractivity contribution in [3.05, 3.63) is 0 Å². The summed E-state index contributed by atoms with van der Waals surface area (Å²) in [6, 6.07) is 0.630. The molecule has 2 aliphatic heterocycles. The summed E-state index contributed by atoms with van der Waals surface area (Å²) in [6.45, 7) is 8.00. The van der Waals surface area contributed by atoms with E-state index in [1.54, 1.807) is 0 Å². The van der Waals surface area contributed by atoms with Gasteiger partial charge in [0.1, 0.15) is 6.17 Å². The van der Waals surface area contributed by atoms with Gasteiger partial charge in [-0.2, -0.15) is 0 Å². The molecule has 2 saturated heterocycles. The number of likely N-dealkylation sites (tertiary alicyclic amines) is 1. The van der Waals surface area contributed by atoms with Crippen molar-refractivity contribution in [2.45, 2.75) is 109 Å². The Hall–Kier alpha value is -1.21. The SMILES string of the molecule is CC1CCC(C(=O)NC2CNN(C3CCC(C(=O)N4CCC(C5CCC(F)CC5)C4)CC3)C2)C(C)C1. The van der Waals surface area contributed by atoms with Crippen LogP contribution in [0.4, 0.5) is 4.39 Å². The third-order valence-corrected chi connectivity index (χ3v) is 10.5. The Morgan fingerprint density at radius 1 is 0.861 bits per heavy atom. The lowest BCUT2D eigenvalue weighted by Gasteiger charge is -2.35. The van der Waals surface area contributed by atoms with Crippen LogP contribution in [-0.4, -0.2) is 66.2 Å². The van der Waals surface area contributed by atoms with Gasteiger partial charge in [0.05, 0.1) is 6.04 Å². The van der Waals surface area contributed by atoms with Crippen LogP contribution in [0.3, 0.4) is 0 Å². The van der Waals surface area contributed by atoms with Gasteiger partial charge < -0.3 is 10.2 Å². The van der Waals surface area contributed by atoms with Crippen molar-refractivity contribution in [2.75, 3.05) is 26.2 Å². The predicted octanol–water partition coefficient (Wildman–Crippen LogP) is 4.30. The van der Waals surface area contributed by atoms with Crippen LogP contribution in [0.25, 0.3) is 0 Å². The van der Waals surface area contributed by atoms with Gasteiger partial charge in [-0.3, -0.25) is 15.0 Å². The summed E-state index contributed by atoms with van der Waals surface area (Å²) < 4.78 is 13.5. The van der Waals surface area contributed by atoms with E-state index in [4.69, 9.17) is 0 Å². The number of carbonyl (C=O) groups excluding carboxylic acids is 2. The van der Waals surface area contributed by atoms with E-state index in [2.05, 4.69) is 34.5 Å². The largest absolute Gasteiger partial charge is 0.350 e. The molecule has 2 amide bonds. The molecule has 2 heterocycles. The predicted molar refractivity (Wildman–Crippen MR) is 140 cm³/mol. The first-order valence-electron chi connectivity index (χ1n) is 15.1. The summed E-state index contributed by atoms with van der Waals surface area (Å²) in [7, 11) is 0. The zero-order chi connectivity index (χ0) is 25.2. The molecule has 5 rings (SSSR count). The first-order valence-corrected chi connectivity index (χ1v) is 15.1. The molecule has 5 fully saturated rings. The van der Waals surface area contributed by atoms with Gasteiger partial charge in [-0.15, -0.1) is 0 Å². The second-order valence-corrected chi connectivity index (χ2v) is 13.1. The smallest absolute Gasteiger partial charge is 0.225 e. The van der Waals surface area contributed by atoms with E-state index >= 15 is 0 Å². The number of alkyl halides is 1. The lowest BCUT2D eigenvalue weighted by atomic mass is 9.75. The van der Waals surface area contributed by atoms with Crippen LogP contribution in [0.15, 0.2) is 0 Å². The fourth-order valence-electron chi connectivity index (χ4n) is 8.15. The number of nitrogens with zero attached hydrogens (tertiary/aromatic N) is 2. The number of rotatable bonds is 5. The Balaban J connectivity index is 1.03. The van der Waals surface area contributed by atoms with E-state index in [1.165, 1.54) is 0 Å². The molecule has 0 bridgehead atoms. The highest BCUT2D eigenvalue weighted by atomic mass is 19.1. The Morgan fingerprint density at radius 3 is 2.33 bits per heavy atom. The van der Waals surface area contributed by atoms with Gasteiger partial charge >= 0.3 is 0 Å². The molecule has 5 aliphatic rings. The number of amides is 2.